The Kier molecular flexibility index (Phi) is 9.84. The molecular formula is C32H31IN2O6SSi. The lowest BCUT2D eigenvalue weighted by Crippen LogP contribution is -2.75. The topological polar surface area (TPSA) is 93.2 Å². The summed E-state index contributed by atoms with van der Waals surface area (Å²) in [5.74, 6) is -1.95. The minimum absolute atomic E-state index is 0.0409. The van der Waals surface area contributed by atoms with Crippen LogP contribution >= 0.6 is 34.6 Å². The van der Waals surface area contributed by atoms with Gasteiger partial charge in [-0.3, -0.25) is 19.3 Å². The quantitative estimate of drug-likeness (QED) is 0.0327. The largest absolute Gasteiger partial charge is 0.463 e. The van der Waals surface area contributed by atoms with Gasteiger partial charge in [0.15, 0.2) is 12.1 Å². The highest BCUT2D eigenvalue weighted by Crippen LogP contribution is 2.40. The van der Waals surface area contributed by atoms with Crippen molar-refractivity contribution in [2.75, 3.05) is 11.0 Å². The molecule has 0 spiro atoms. The summed E-state index contributed by atoms with van der Waals surface area (Å²) in [6.45, 7) is 5.81. The predicted molar refractivity (Wildman–Crippen MR) is 177 cm³/mol. The van der Waals surface area contributed by atoms with Crippen molar-refractivity contribution in [1.29, 1.82) is 0 Å². The molecule has 0 aliphatic carbocycles. The van der Waals surface area contributed by atoms with E-state index >= 15 is 0 Å². The SMILES string of the molecule is C=C(C)C(C(=O)OCCI)N1C(=O)C(N2C(=O)CCC2=O)C1SO[Si](c1ccccc1)(c1ccccc1)c1ccccc1. The van der Waals surface area contributed by atoms with Gasteiger partial charge in [0.2, 0.25) is 11.8 Å². The van der Waals surface area contributed by atoms with Crippen LogP contribution in [0.3, 0.4) is 0 Å². The number of hydrogen-bond donors (Lipinski definition) is 0. The molecule has 11 heteroatoms. The molecule has 5 rings (SSSR count). The molecule has 3 aromatic carbocycles. The maximum absolute atomic E-state index is 13.8. The highest BCUT2D eigenvalue weighted by molar-refractivity contribution is 14.1. The third-order valence-electron chi connectivity index (χ3n) is 7.52. The van der Waals surface area contributed by atoms with Gasteiger partial charge in [0.05, 0.1) is 0 Å². The Morgan fingerprint density at radius 2 is 1.37 bits per heavy atom. The van der Waals surface area contributed by atoms with Gasteiger partial charge >= 0.3 is 14.3 Å². The molecule has 0 saturated carbocycles. The van der Waals surface area contributed by atoms with Crippen LogP contribution in [-0.2, 0) is 27.8 Å². The van der Waals surface area contributed by atoms with Gasteiger partial charge in [-0.05, 0) is 28.1 Å². The minimum Gasteiger partial charge on any atom is -0.463 e. The summed E-state index contributed by atoms with van der Waals surface area (Å²) in [6.07, 6.45) is 0.0818. The number of benzene rings is 3. The van der Waals surface area contributed by atoms with Gasteiger partial charge in [0.1, 0.15) is 12.0 Å². The second kappa shape index (κ2) is 13.6. The molecular weight excluding hydrogens is 695 g/mol. The number of carbonyl (C=O) groups excluding carboxylic acids is 4. The summed E-state index contributed by atoms with van der Waals surface area (Å²) in [5.41, 5.74) is 0.410. The number of ether oxygens (including phenoxy) is 1. The molecule has 2 fully saturated rings. The number of rotatable bonds is 12. The highest BCUT2D eigenvalue weighted by Gasteiger charge is 2.60. The smallest absolute Gasteiger partial charge is 0.333 e. The fourth-order valence-corrected chi connectivity index (χ4v) is 11.5. The van der Waals surface area contributed by atoms with Crippen LogP contribution in [0.25, 0.3) is 0 Å². The van der Waals surface area contributed by atoms with E-state index < -0.39 is 49.5 Å². The van der Waals surface area contributed by atoms with Crippen LogP contribution in [0.1, 0.15) is 19.8 Å². The van der Waals surface area contributed by atoms with Crippen LogP contribution in [0, 0.1) is 0 Å². The number of alkyl halides is 1. The number of hydrogen-bond acceptors (Lipinski definition) is 7. The molecule has 2 aliphatic rings. The van der Waals surface area contributed by atoms with Crippen molar-refractivity contribution in [2.24, 2.45) is 0 Å². The molecule has 3 amide bonds. The van der Waals surface area contributed by atoms with Crippen LogP contribution in [0.15, 0.2) is 103 Å². The van der Waals surface area contributed by atoms with Gasteiger partial charge in [-0.1, -0.05) is 120 Å². The lowest BCUT2D eigenvalue weighted by molar-refractivity contribution is -0.170. The Bertz CT molecular complexity index is 1400. The van der Waals surface area contributed by atoms with Crippen molar-refractivity contribution < 1.29 is 27.8 Å². The Morgan fingerprint density at radius 1 is 0.907 bits per heavy atom. The number of halogens is 1. The van der Waals surface area contributed by atoms with Gasteiger partial charge in [-0.2, -0.15) is 0 Å². The highest BCUT2D eigenvalue weighted by atomic mass is 127. The van der Waals surface area contributed by atoms with E-state index in [1.165, 1.54) is 4.90 Å². The van der Waals surface area contributed by atoms with Crippen molar-refractivity contribution in [3.63, 3.8) is 0 Å². The van der Waals surface area contributed by atoms with Crippen molar-refractivity contribution in [1.82, 2.24) is 9.80 Å². The predicted octanol–water partition coefficient (Wildman–Crippen LogP) is 2.93. The molecule has 3 aromatic rings. The molecule has 0 N–H and O–H groups in total. The fourth-order valence-electron chi connectivity index (χ4n) is 5.54. The molecule has 0 radical (unpaired) electrons. The van der Waals surface area contributed by atoms with E-state index in [1.54, 1.807) is 6.92 Å². The first-order chi connectivity index (χ1) is 20.8. The van der Waals surface area contributed by atoms with E-state index in [0.717, 1.165) is 32.5 Å². The molecule has 222 valence electrons. The maximum atomic E-state index is 13.8. The van der Waals surface area contributed by atoms with E-state index in [4.69, 9.17) is 8.61 Å². The fraction of sp³-hybridized carbons (Fsp3) is 0.250. The Morgan fingerprint density at radius 3 is 1.79 bits per heavy atom. The average molecular weight is 727 g/mol. The van der Waals surface area contributed by atoms with E-state index in [2.05, 4.69) is 29.2 Å². The van der Waals surface area contributed by atoms with Crippen molar-refractivity contribution in [3.05, 3.63) is 103 Å². The normalized spacial score (nSPS) is 19.3. The second-order valence-corrected chi connectivity index (χ2v) is 15.8. The molecule has 3 unspecified atom stereocenters. The number of likely N-dealkylation sites (tertiary alicyclic amines) is 2. The monoisotopic (exact) mass is 726 g/mol. The summed E-state index contributed by atoms with van der Waals surface area (Å²) < 4.78 is 13.1. The molecule has 43 heavy (non-hydrogen) atoms. The number of esters is 1. The van der Waals surface area contributed by atoms with E-state index in [1.807, 2.05) is 91.0 Å². The molecule has 0 bridgehead atoms. The molecule has 2 heterocycles. The second-order valence-electron chi connectivity index (χ2n) is 10.3. The first-order valence-corrected chi connectivity index (χ1v) is 18.1. The first kappa shape index (κ1) is 31.2. The zero-order valence-electron chi connectivity index (χ0n) is 23.6. The van der Waals surface area contributed by atoms with Crippen molar-refractivity contribution >= 4 is 82.2 Å². The molecule has 8 nitrogen and oxygen atoms in total. The standard InChI is InChI=1S/C32H31IN2O6SSi/c1-22(2)28(32(39)40-21-20-33)35-30(38)29(34-26(36)18-19-27(34)37)31(35)42-41-43(23-12-6-3-7-13-23,24-14-8-4-9-15-24)25-16-10-5-11-17-25/h3-17,28-29,31H,1,18-21H2,2H3. The maximum Gasteiger partial charge on any atom is 0.333 e. The number of β-lactam (4-membered cyclic amide) rings is 1. The third kappa shape index (κ3) is 5.95. The van der Waals surface area contributed by atoms with E-state index in [-0.39, 0.29) is 19.4 Å². The summed E-state index contributed by atoms with van der Waals surface area (Å²) in [7, 11) is -3.24. The number of imide groups is 1. The van der Waals surface area contributed by atoms with Gasteiger partial charge in [0.25, 0.3) is 5.91 Å². The zero-order chi connectivity index (χ0) is 30.6. The average Bonchev–Trinajstić information content (AvgIpc) is 3.36. The van der Waals surface area contributed by atoms with Crippen molar-refractivity contribution in [3.8, 4) is 0 Å². The van der Waals surface area contributed by atoms with E-state index in [0.29, 0.717) is 10.0 Å². The Hall–Kier alpha value is -3.26. The Labute approximate surface area is 269 Å². The van der Waals surface area contributed by atoms with Gasteiger partial charge < -0.3 is 13.5 Å². The Balaban J connectivity index is 1.61. The lowest BCUT2D eigenvalue weighted by atomic mass is 9.98. The van der Waals surface area contributed by atoms with Crippen LogP contribution in [-0.4, -0.2) is 70.3 Å². The molecule has 3 atom stereocenters. The summed E-state index contributed by atoms with van der Waals surface area (Å²) in [5, 5.41) is 2.05. The number of nitrogens with zero attached hydrogens (tertiary/aromatic N) is 2. The number of amides is 3. The molecule has 2 saturated heterocycles. The summed E-state index contributed by atoms with van der Waals surface area (Å²) in [6, 6.07) is 27.5. The first-order valence-electron chi connectivity index (χ1n) is 13.9. The van der Waals surface area contributed by atoms with Crippen LogP contribution in [0.5, 0.6) is 0 Å². The lowest BCUT2D eigenvalue weighted by Gasteiger charge is -2.51. The third-order valence-corrected chi connectivity index (χ3v) is 13.5. The van der Waals surface area contributed by atoms with Crippen molar-refractivity contribution in [2.45, 2.75) is 37.2 Å². The minimum atomic E-state index is -3.24. The van der Waals surface area contributed by atoms with Gasteiger partial charge in [-0.25, -0.2) is 4.79 Å². The van der Waals surface area contributed by atoms with Gasteiger partial charge in [-0.15, -0.1) is 0 Å². The van der Waals surface area contributed by atoms with Crippen LogP contribution in [0.2, 0.25) is 0 Å². The number of carbonyl (C=O) groups is 4. The summed E-state index contributed by atoms with van der Waals surface area (Å²) >= 11 is 3.12. The molecule has 0 aromatic heterocycles. The summed E-state index contributed by atoms with van der Waals surface area (Å²) in [4.78, 5) is 55.1. The van der Waals surface area contributed by atoms with E-state index in [9.17, 15) is 19.2 Å². The van der Waals surface area contributed by atoms with Crippen LogP contribution in [0.4, 0.5) is 0 Å². The zero-order valence-corrected chi connectivity index (χ0v) is 27.5. The van der Waals surface area contributed by atoms with Gasteiger partial charge in [0, 0.05) is 29.3 Å². The molecule has 2 aliphatic heterocycles. The van der Waals surface area contributed by atoms with Crippen LogP contribution < -0.4 is 15.6 Å².